The highest BCUT2D eigenvalue weighted by molar-refractivity contribution is 5.78. The van der Waals surface area contributed by atoms with E-state index in [-0.39, 0.29) is 17.7 Å². The average molecular weight is 266 g/mol. The molecule has 0 spiro atoms. The van der Waals surface area contributed by atoms with E-state index in [1.165, 1.54) is 12.1 Å². The van der Waals surface area contributed by atoms with Crippen molar-refractivity contribution < 1.29 is 9.66 Å². The molecule has 1 aromatic rings. The number of methoxy groups -OCH3 is 1. The van der Waals surface area contributed by atoms with Crippen molar-refractivity contribution in [3.8, 4) is 0 Å². The summed E-state index contributed by atoms with van der Waals surface area (Å²) in [7, 11) is 1.61. The van der Waals surface area contributed by atoms with Crippen LogP contribution in [0.5, 0.6) is 0 Å². The average Bonchev–Trinajstić information content (AvgIpc) is 2.37. The first-order valence-corrected chi connectivity index (χ1v) is 5.81. The van der Waals surface area contributed by atoms with Crippen LogP contribution in [0.15, 0.2) is 29.3 Å². The van der Waals surface area contributed by atoms with Crippen LogP contribution in [-0.2, 0) is 11.3 Å². The number of hydrogen-bond donors (Lipinski definition) is 2. The maximum absolute atomic E-state index is 10.6. The molecule has 7 heteroatoms. The van der Waals surface area contributed by atoms with Gasteiger partial charge in [-0.1, -0.05) is 12.1 Å². The molecule has 0 aromatic heterocycles. The number of rotatable bonds is 6. The number of nitrogens with one attached hydrogen (secondary N) is 1. The van der Waals surface area contributed by atoms with Crippen LogP contribution >= 0.6 is 0 Å². The van der Waals surface area contributed by atoms with Crippen LogP contribution < -0.4 is 11.1 Å². The van der Waals surface area contributed by atoms with Crippen LogP contribution in [-0.4, -0.2) is 30.6 Å². The van der Waals surface area contributed by atoms with Gasteiger partial charge in [-0.3, -0.25) is 10.1 Å². The number of guanidine groups is 1. The second-order valence-corrected chi connectivity index (χ2v) is 4.13. The Balaban J connectivity index is 2.59. The number of non-ortho nitro benzene ring substituents is 1. The first-order valence-electron chi connectivity index (χ1n) is 5.81. The minimum absolute atomic E-state index is 0.0481. The Hall–Kier alpha value is -2.15. The molecule has 0 fully saturated rings. The highest BCUT2D eigenvalue weighted by atomic mass is 16.6. The third kappa shape index (κ3) is 5.35. The molecule has 0 heterocycles. The fourth-order valence-electron chi connectivity index (χ4n) is 1.53. The molecule has 19 heavy (non-hydrogen) atoms. The lowest BCUT2D eigenvalue weighted by atomic mass is 10.2. The third-order valence-electron chi connectivity index (χ3n) is 2.36. The molecule has 0 saturated carbocycles. The number of nitro groups is 1. The molecule has 0 aliphatic carbocycles. The van der Waals surface area contributed by atoms with Gasteiger partial charge in [0.1, 0.15) is 0 Å². The summed E-state index contributed by atoms with van der Waals surface area (Å²) in [5.74, 6) is 0.288. The molecule has 0 saturated heterocycles. The van der Waals surface area contributed by atoms with Crippen LogP contribution in [0.4, 0.5) is 5.69 Å². The summed E-state index contributed by atoms with van der Waals surface area (Å²) < 4.78 is 4.96. The summed E-state index contributed by atoms with van der Waals surface area (Å²) in [6, 6.07) is 6.37. The van der Waals surface area contributed by atoms with Gasteiger partial charge >= 0.3 is 0 Å². The number of nitro benzene ring substituents is 1. The lowest BCUT2D eigenvalue weighted by Gasteiger charge is -2.12. The molecular weight excluding hydrogens is 248 g/mol. The molecular formula is C12H18N4O3. The van der Waals surface area contributed by atoms with Crippen LogP contribution in [0, 0.1) is 10.1 Å². The molecule has 3 N–H and O–H groups in total. The molecule has 0 radical (unpaired) electrons. The van der Waals surface area contributed by atoms with Crippen LogP contribution in [0.25, 0.3) is 0 Å². The molecule has 0 aliphatic heterocycles. The molecule has 104 valence electrons. The van der Waals surface area contributed by atoms with Crippen molar-refractivity contribution in [2.45, 2.75) is 19.5 Å². The predicted molar refractivity (Wildman–Crippen MR) is 72.9 cm³/mol. The van der Waals surface area contributed by atoms with Crippen molar-refractivity contribution in [3.63, 3.8) is 0 Å². The van der Waals surface area contributed by atoms with E-state index < -0.39 is 4.92 Å². The van der Waals surface area contributed by atoms with E-state index >= 15 is 0 Å². The molecule has 1 atom stereocenters. The smallest absolute Gasteiger partial charge is 0.269 e. The van der Waals surface area contributed by atoms with E-state index in [0.717, 1.165) is 5.56 Å². The van der Waals surface area contributed by atoms with E-state index in [0.29, 0.717) is 13.2 Å². The van der Waals surface area contributed by atoms with Gasteiger partial charge in [0, 0.05) is 25.3 Å². The minimum atomic E-state index is -0.435. The Bertz CT molecular complexity index is 462. The monoisotopic (exact) mass is 266 g/mol. The Morgan fingerprint density at radius 3 is 3.00 bits per heavy atom. The van der Waals surface area contributed by atoms with Crippen LogP contribution in [0.3, 0.4) is 0 Å². The summed E-state index contributed by atoms with van der Waals surface area (Å²) in [4.78, 5) is 14.3. The zero-order valence-electron chi connectivity index (χ0n) is 11.0. The predicted octanol–water partition coefficient (Wildman–Crippen LogP) is 1.03. The van der Waals surface area contributed by atoms with Gasteiger partial charge in [-0.2, -0.15) is 0 Å². The number of ether oxygens (including phenoxy) is 1. The van der Waals surface area contributed by atoms with Crippen molar-refractivity contribution in [2.75, 3.05) is 13.7 Å². The van der Waals surface area contributed by atoms with E-state index in [1.807, 2.05) is 6.92 Å². The van der Waals surface area contributed by atoms with Crippen LogP contribution in [0.2, 0.25) is 0 Å². The standard InChI is InChI=1S/C12H18N4O3/c1-9(8-19-2)15-12(13)14-7-10-4-3-5-11(6-10)16(17)18/h3-6,9H,7-8H2,1-2H3,(H3,13,14,15). The van der Waals surface area contributed by atoms with Crippen LogP contribution in [0.1, 0.15) is 12.5 Å². The Morgan fingerprint density at radius 2 is 2.37 bits per heavy atom. The summed E-state index contributed by atoms with van der Waals surface area (Å²) in [6.07, 6.45) is 0. The fraction of sp³-hybridized carbons (Fsp3) is 0.417. The second kappa shape index (κ2) is 7.32. The molecule has 1 unspecified atom stereocenters. The highest BCUT2D eigenvalue weighted by Crippen LogP contribution is 2.13. The SMILES string of the molecule is COCC(C)NC(N)=NCc1cccc([N+](=O)[O-])c1. The van der Waals surface area contributed by atoms with Gasteiger partial charge in [0.25, 0.3) is 5.69 Å². The molecule has 1 aromatic carbocycles. The normalized spacial score (nSPS) is 13.1. The van der Waals surface area contributed by atoms with Gasteiger partial charge in [0.2, 0.25) is 0 Å². The Kier molecular flexibility index (Phi) is 5.74. The fourth-order valence-corrected chi connectivity index (χ4v) is 1.53. The number of benzene rings is 1. The quantitative estimate of drug-likeness (QED) is 0.346. The Morgan fingerprint density at radius 1 is 1.63 bits per heavy atom. The van der Waals surface area contributed by atoms with Gasteiger partial charge in [-0.25, -0.2) is 4.99 Å². The maximum atomic E-state index is 10.6. The van der Waals surface area contributed by atoms with Crippen molar-refractivity contribution in [1.29, 1.82) is 0 Å². The van der Waals surface area contributed by atoms with E-state index in [9.17, 15) is 10.1 Å². The first-order chi connectivity index (χ1) is 9.02. The second-order valence-electron chi connectivity index (χ2n) is 4.13. The molecule has 0 amide bonds. The minimum Gasteiger partial charge on any atom is -0.383 e. The van der Waals surface area contributed by atoms with Crippen molar-refractivity contribution in [2.24, 2.45) is 10.7 Å². The van der Waals surface area contributed by atoms with E-state index in [4.69, 9.17) is 10.5 Å². The van der Waals surface area contributed by atoms with Gasteiger partial charge in [0.05, 0.1) is 18.1 Å². The molecule has 0 bridgehead atoms. The summed E-state index contributed by atoms with van der Waals surface area (Å²) in [6.45, 7) is 2.73. The van der Waals surface area contributed by atoms with Crippen molar-refractivity contribution in [1.82, 2.24) is 5.32 Å². The summed E-state index contributed by atoms with van der Waals surface area (Å²) in [5, 5.41) is 13.6. The third-order valence-corrected chi connectivity index (χ3v) is 2.36. The van der Waals surface area contributed by atoms with Crippen molar-refractivity contribution in [3.05, 3.63) is 39.9 Å². The van der Waals surface area contributed by atoms with Crippen molar-refractivity contribution >= 4 is 11.6 Å². The van der Waals surface area contributed by atoms with Gasteiger partial charge in [0.15, 0.2) is 5.96 Å². The summed E-state index contributed by atoms with van der Waals surface area (Å²) >= 11 is 0. The number of aliphatic imine (C=N–C) groups is 1. The lowest BCUT2D eigenvalue weighted by Crippen LogP contribution is -2.40. The number of nitrogens with zero attached hydrogens (tertiary/aromatic N) is 2. The molecule has 0 aliphatic rings. The molecule has 1 rings (SSSR count). The largest absolute Gasteiger partial charge is 0.383 e. The lowest BCUT2D eigenvalue weighted by molar-refractivity contribution is -0.384. The summed E-state index contributed by atoms with van der Waals surface area (Å²) in [5.41, 5.74) is 6.48. The van der Waals surface area contributed by atoms with Gasteiger partial charge in [-0.15, -0.1) is 0 Å². The molecule has 7 nitrogen and oxygen atoms in total. The zero-order valence-corrected chi connectivity index (χ0v) is 11.0. The van der Waals surface area contributed by atoms with E-state index in [1.54, 1.807) is 19.2 Å². The zero-order chi connectivity index (χ0) is 14.3. The van der Waals surface area contributed by atoms with E-state index in [2.05, 4.69) is 10.3 Å². The number of nitrogens with two attached hydrogens (primary N) is 1. The highest BCUT2D eigenvalue weighted by Gasteiger charge is 2.05. The van der Waals surface area contributed by atoms with Gasteiger partial charge < -0.3 is 15.8 Å². The number of hydrogen-bond acceptors (Lipinski definition) is 4. The first kappa shape index (κ1) is 14.9. The maximum Gasteiger partial charge on any atom is 0.269 e. The topological polar surface area (TPSA) is 103 Å². The Labute approximate surface area is 111 Å². The van der Waals surface area contributed by atoms with Gasteiger partial charge in [-0.05, 0) is 12.5 Å².